The van der Waals surface area contributed by atoms with Gasteiger partial charge in [0.2, 0.25) is 5.91 Å². The smallest absolute Gasteiger partial charge is 0.263 e. The molecule has 10 heteroatoms. The van der Waals surface area contributed by atoms with Crippen molar-refractivity contribution in [2.24, 2.45) is 0 Å². The average molecular weight is 488 g/mol. The third kappa shape index (κ3) is 4.38. The quantitative estimate of drug-likeness (QED) is 0.280. The summed E-state index contributed by atoms with van der Waals surface area (Å²) in [7, 11) is 3.10. The summed E-state index contributed by atoms with van der Waals surface area (Å²) in [5.41, 5.74) is 1.35. The van der Waals surface area contributed by atoms with Crippen molar-refractivity contribution in [3.05, 3.63) is 51.4 Å². The van der Waals surface area contributed by atoms with Crippen molar-refractivity contribution in [3.8, 4) is 21.9 Å². The molecule has 4 rings (SSSR count). The molecule has 0 atom stereocenters. The first-order valence-electron chi connectivity index (χ1n) is 9.76. The van der Waals surface area contributed by atoms with Crippen LogP contribution < -0.4 is 20.3 Å². The lowest BCUT2D eigenvalue weighted by Crippen LogP contribution is -2.23. The molecule has 3 aromatic heterocycles. The Bertz CT molecular complexity index is 1310. The second-order valence-corrected chi connectivity index (χ2v) is 9.40. The summed E-state index contributed by atoms with van der Waals surface area (Å²) in [6.07, 6.45) is 0. The molecule has 0 unspecified atom stereocenters. The maximum absolute atomic E-state index is 13.2. The lowest BCUT2D eigenvalue weighted by molar-refractivity contribution is -0.113. The molecule has 0 saturated carbocycles. The fraction of sp³-hybridized carbons (Fsp3) is 0.227. The van der Waals surface area contributed by atoms with Crippen LogP contribution in [0.25, 0.3) is 20.7 Å². The van der Waals surface area contributed by atoms with Crippen LogP contribution in [0.1, 0.15) is 6.92 Å². The number of ether oxygens (including phenoxy) is 2. The molecule has 0 radical (unpaired) electrons. The first-order valence-corrected chi connectivity index (χ1v) is 12.5. The normalized spacial score (nSPS) is 11.0. The number of benzene rings is 1. The summed E-state index contributed by atoms with van der Waals surface area (Å²) in [5.74, 6) is 1.01. The third-order valence-corrected chi connectivity index (χ3v) is 7.53. The molecule has 0 aliphatic rings. The van der Waals surface area contributed by atoms with Crippen molar-refractivity contribution in [2.75, 3.05) is 25.3 Å². The van der Waals surface area contributed by atoms with Crippen LogP contribution in [0.4, 0.5) is 5.69 Å². The van der Waals surface area contributed by atoms with Crippen LogP contribution in [0.3, 0.4) is 0 Å². The average Bonchev–Trinajstić information content (AvgIpc) is 3.47. The van der Waals surface area contributed by atoms with E-state index in [0.717, 1.165) is 10.4 Å². The van der Waals surface area contributed by atoms with Gasteiger partial charge in [0.25, 0.3) is 5.56 Å². The number of amides is 1. The van der Waals surface area contributed by atoms with E-state index in [9.17, 15) is 9.59 Å². The predicted molar refractivity (Wildman–Crippen MR) is 132 cm³/mol. The maximum Gasteiger partial charge on any atom is 0.263 e. The third-order valence-electron chi connectivity index (χ3n) is 4.77. The highest BCUT2D eigenvalue weighted by Gasteiger charge is 2.18. The van der Waals surface area contributed by atoms with Gasteiger partial charge in [-0.1, -0.05) is 17.8 Å². The summed E-state index contributed by atoms with van der Waals surface area (Å²) in [6.45, 7) is 2.37. The van der Waals surface area contributed by atoms with Gasteiger partial charge >= 0.3 is 0 Å². The van der Waals surface area contributed by atoms with E-state index in [2.05, 4.69) is 5.32 Å². The molecule has 0 fully saturated rings. The molecular formula is C22H21N3O4S3. The Hall–Kier alpha value is -2.82. The fourth-order valence-corrected chi connectivity index (χ4v) is 5.90. The van der Waals surface area contributed by atoms with E-state index in [4.69, 9.17) is 14.5 Å². The van der Waals surface area contributed by atoms with E-state index in [1.54, 1.807) is 41.2 Å². The van der Waals surface area contributed by atoms with Crippen molar-refractivity contribution in [1.29, 1.82) is 0 Å². The summed E-state index contributed by atoms with van der Waals surface area (Å²) in [5, 5.41) is 7.97. The Kier molecular flexibility index (Phi) is 6.83. The number of nitrogens with one attached hydrogen (secondary N) is 1. The molecular weight excluding hydrogens is 466 g/mol. The Balaban J connectivity index is 1.57. The predicted octanol–water partition coefficient (Wildman–Crippen LogP) is 4.95. The van der Waals surface area contributed by atoms with E-state index >= 15 is 0 Å². The van der Waals surface area contributed by atoms with Gasteiger partial charge in [0.15, 0.2) is 5.16 Å². The molecule has 7 nitrogen and oxygen atoms in total. The number of anilines is 1. The standard InChI is InChI=1S/C22H21N3O4S3/c1-4-25-21(27)19-14(17-6-5-9-30-17)11-31-20(19)24-22(25)32-12-18(26)23-15-10-13(28-2)7-8-16(15)29-3/h5-11H,4,12H2,1-3H3,(H,23,26). The van der Waals surface area contributed by atoms with Crippen LogP contribution in [0.5, 0.6) is 11.5 Å². The van der Waals surface area contributed by atoms with Gasteiger partial charge in [-0.25, -0.2) is 4.98 Å². The molecule has 0 bridgehead atoms. The lowest BCUT2D eigenvalue weighted by atomic mass is 10.2. The number of hydrogen-bond acceptors (Lipinski definition) is 8. The number of rotatable bonds is 8. The number of aromatic nitrogens is 2. The molecule has 32 heavy (non-hydrogen) atoms. The molecule has 0 aliphatic carbocycles. The number of hydrogen-bond donors (Lipinski definition) is 1. The minimum atomic E-state index is -0.232. The van der Waals surface area contributed by atoms with E-state index in [0.29, 0.717) is 39.1 Å². The molecule has 3 heterocycles. The number of methoxy groups -OCH3 is 2. The van der Waals surface area contributed by atoms with Crippen LogP contribution in [0, 0.1) is 0 Å². The Labute approximate surface area is 197 Å². The van der Waals surface area contributed by atoms with Crippen LogP contribution in [-0.2, 0) is 11.3 Å². The first kappa shape index (κ1) is 22.4. The first-order chi connectivity index (χ1) is 15.5. The minimum Gasteiger partial charge on any atom is -0.497 e. The van der Waals surface area contributed by atoms with Crippen LogP contribution in [0.15, 0.2) is 51.0 Å². The Morgan fingerprint density at radius 2 is 2.06 bits per heavy atom. The highest BCUT2D eigenvalue weighted by atomic mass is 32.2. The summed E-state index contributed by atoms with van der Waals surface area (Å²) in [4.78, 5) is 32.3. The SMILES string of the molecule is CCn1c(SCC(=O)Nc2cc(OC)ccc2OC)nc2scc(-c3cccs3)c2c1=O. The number of thioether (sulfide) groups is 1. The zero-order chi connectivity index (χ0) is 22.7. The summed E-state index contributed by atoms with van der Waals surface area (Å²) in [6, 6.07) is 9.16. The van der Waals surface area contributed by atoms with Gasteiger partial charge in [0.05, 0.1) is 31.0 Å². The number of thiophene rings is 2. The van der Waals surface area contributed by atoms with Gasteiger partial charge in [-0.15, -0.1) is 22.7 Å². The van der Waals surface area contributed by atoms with Crippen molar-refractivity contribution in [3.63, 3.8) is 0 Å². The highest BCUT2D eigenvalue weighted by Crippen LogP contribution is 2.35. The zero-order valence-electron chi connectivity index (χ0n) is 17.7. The van der Waals surface area contributed by atoms with Crippen molar-refractivity contribution >= 4 is 56.2 Å². The second kappa shape index (κ2) is 9.76. The van der Waals surface area contributed by atoms with Gasteiger partial charge in [0.1, 0.15) is 16.3 Å². The van der Waals surface area contributed by atoms with Crippen LogP contribution >= 0.6 is 34.4 Å². The largest absolute Gasteiger partial charge is 0.497 e. The summed E-state index contributed by atoms with van der Waals surface area (Å²) < 4.78 is 12.2. The number of nitrogens with zero attached hydrogens (tertiary/aromatic N) is 2. The Morgan fingerprint density at radius 3 is 2.75 bits per heavy atom. The molecule has 1 aromatic carbocycles. The molecule has 1 amide bonds. The molecule has 0 spiro atoms. The van der Waals surface area contributed by atoms with E-state index in [1.807, 2.05) is 29.8 Å². The fourth-order valence-electron chi connectivity index (χ4n) is 3.24. The van der Waals surface area contributed by atoms with E-state index in [-0.39, 0.29) is 17.2 Å². The van der Waals surface area contributed by atoms with Crippen molar-refractivity contribution < 1.29 is 14.3 Å². The molecule has 0 aliphatic heterocycles. The zero-order valence-corrected chi connectivity index (χ0v) is 20.2. The minimum absolute atomic E-state index is 0.0838. The molecule has 166 valence electrons. The van der Waals surface area contributed by atoms with Gasteiger partial charge in [-0.3, -0.25) is 14.2 Å². The summed E-state index contributed by atoms with van der Waals surface area (Å²) >= 11 is 4.27. The topological polar surface area (TPSA) is 82.5 Å². The van der Waals surface area contributed by atoms with Crippen molar-refractivity contribution in [2.45, 2.75) is 18.6 Å². The van der Waals surface area contributed by atoms with E-state index in [1.165, 1.54) is 30.2 Å². The molecule has 1 N–H and O–H groups in total. The van der Waals surface area contributed by atoms with Gasteiger partial charge in [-0.05, 0) is 30.5 Å². The maximum atomic E-state index is 13.2. The second-order valence-electron chi connectivity index (χ2n) is 6.65. The monoisotopic (exact) mass is 487 g/mol. The van der Waals surface area contributed by atoms with Gasteiger partial charge < -0.3 is 14.8 Å². The van der Waals surface area contributed by atoms with Gasteiger partial charge in [-0.2, -0.15) is 0 Å². The number of fused-ring (bicyclic) bond motifs is 1. The number of carbonyl (C=O) groups excluding carboxylic acids is 1. The lowest BCUT2D eigenvalue weighted by Gasteiger charge is -2.13. The van der Waals surface area contributed by atoms with E-state index < -0.39 is 0 Å². The van der Waals surface area contributed by atoms with Crippen LogP contribution in [-0.4, -0.2) is 35.4 Å². The Morgan fingerprint density at radius 1 is 1.22 bits per heavy atom. The van der Waals surface area contributed by atoms with Crippen LogP contribution in [0.2, 0.25) is 0 Å². The molecule has 4 aromatic rings. The number of carbonyl (C=O) groups is 1. The van der Waals surface area contributed by atoms with Crippen molar-refractivity contribution in [1.82, 2.24) is 9.55 Å². The highest BCUT2D eigenvalue weighted by molar-refractivity contribution is 7.99. The van der Waals surface area contributed by atoms with Gasteiger partial charge in [0, 0.05) is 28.4 Å². The molecule has 0 saturated heterocycles.